The number of hydrogen-bond acceptors (Lipinski definition) is 7. The van der Waals surface area contributed by atoms with Gasteiger partial charge in [-0.3, -0.25) is 25.0 Å². The van der Waals surface area contributed by atoms with E-state index in [0.717, 1.165) is 6.42 Å². The number of nitrogens with zero attached hydrogens (tertiary/aromatic N) is 1. The summed E-state index contributed by atoms with van der Waals surface area (Å²) in [6.07, 6.45) is -1.27. The maximum absolute atomic E-state index is 11.2. The van der Waals surface area contributed by atoms with E-state index in [9.17, 15) is 24.5 Å². The predicted octanol–water partition coefficient (Wildman–Crippen LogP) is 2.23. The average Bonchev–Trinajstić information content (AvgIpc) is 2.63. The number of amides is 2. The highest BCUT2D eigenvalue weighted by Gasteiger charge is 2.41. The Balaban J connectivity index is 0.000000200. The van der Waals surface area contributed by atoms with Gasteiger partial charge in [0, 0.05) is 18.9 Å². The van der Waals surface area contributed by atoms with E-state index in [4.69, 9.17) is 4.74 Å². The van der Waals surface area contributed by atoms with Crippen molar-refractivity contribution in [2.24, 2.45) is 11.8 Å². The third-order valence-electron chi connectivity index (χ3n) is 4.54. The number of hydrogen-bond donors (Lipinski definition) is 2. The van der Waals surface area contributed by atoms with E-state index in [2.05, 4.69) is 15.4 Å². The van der Waals surface area contributed by atoms with Gasteiger partial charge in [0.25, 0.3) is 0 Å². The zero-order chi connectivity index (χ0) is 20.8. The third-order valence-corrected chi connectivity index (χ3v) is 4.54. The molecule has 10 heteroatoms. The van der Waals surface area contributed by atoms with Crippen LogP contribution in [0, 0.1) is 22.0 Å². The molecule has 0 aliphatic carbocycles. The van der Waals surface area contributed by atoms with Gasteiger partial charge in [-0.1, -0.05) is 26.0 Å². The lowest BCUT2D eigenvalue weighted by molar-refractivity contribution is -0.575. The summed E-state index contributed by atoms with van der Waals surface area (Å²) in [7, 11) is 0. The minimum absolute atomic E-state index is 0.0133. The second-order valence-corrected chi connectivity index (χ2v) is 6.58. The first kappa shape index (κ1) is 21.1. The van der Waals surface area contributed by atoms with Crippen LogP contribution in [-0.4, -0.2) is 35.5 Å². The number of β-lactam (4-membered cyclic amide) rings is 1. The number of esters is 1. The Bertz CT molecular complexity index is 767. The Morgan fingerprint density at radius 1 is 1.36 bits per heavy atom. The number of ether oxygens (including phenoxy) is 2. The molecule has 4 atom stereocenters. The summed E-state index contributed by atoms with van der Waals surface area (Å²) >= 11 is 0. The van der Waals surface area contributed by atoms with Crippen molar-refractivity contribution in [3.8, 4) is 0 Å². The van der Waals surface area contributed by atoms with Gasteiger partial charge < -0.3 is 14.8 Å². The van der Waals surface area contributed by atoms with Crippen molar-refractivity contribution in [1.29, 1.82) is 0 Å². The van der Waals surface area contributed by atoms with E-state index in [1.165, 1.54) is 6.92 Å². The summed E-state index contributed by atoms with van der Waals surface area (Å²) in [6.45, 7) is 5.69. The zero-order valence-electron chi connectivity index (χ0n) is 15.8. The molecular formula is C18H23N3O7. The largest absolute Gasteiger partial charge is 0.466 e. The monoisotopic (exact) mass is 393 g/mol. The molecule has 28 heavy (non-hydrogen) atoms. The fourth-order valence-electron chi connectivity index (χ4n) is 3.11. The summed E-state index contributed by atoms with van der Waals surface area (Å²) < 4.78 is 9.41. The van der Waals surface area contributed by atoms with Crippen LogP contribution in [0.4, 0.5) is 10.5 Å². The molecule has 0 aromatic heterocycles. The fourth-order valence-corrected chi connectivity index (χ4v) is 3.11. The Morgan fingerprint density at radius 3 is 2.61 bits per heavy atom. The summed E-state index contributed by atoms with van der Waals surface area (Å²) in [4.78, 5) is 42.6. The van der Waals surface area contributed by atoms with E-state index in [-0.39, 0.29) is 29.8 Å². The second kappa shape index (κ2) is 9.16. The topological polar surface area (TPSA) is 137 Å². The van der Waals surface area contributed by atoms with E-state index < -0.39 is 17.2 Å². The number of fused-ring (bicyclic) bond motifs is 1. The first-order valence-corrected chi connectivity index (χ1v) is 8.88. The van der Waals surface area contributed by atoms with Crippen LogP contribution in [0.1, 0.15) is 39.0 Å². The van der Waals surface area contributed by atoms with Crippen LogP contribution in [0.25, 0.3) is 0 Å². The number of anilines is 1. The molecule has 1 aromatic carbocycles. The quantitative estimate of drug-likeness (QED) is 0.339. The molecule has 2 heterocycles. The van der Waals surface area contributed by atoms with Gasteiger partial charge in [0.2, 0.25) is 5.91 Å². The molecule has 0 spiro atoms. The minimum atomic E-state index is -1.40. The molecule has 4 unspecified atom stereocenters. The number of carbonyl (C=O) groups excluding carboxylic acids is 3. The number of rotatable bonds is 5. The number of benzene rings is 1. The smallest absolute Gasteiger partial charge is 0.417 e. The van der Waals surface area contributed by atoms with Crippen LogP contribution in [0.5, 0.6) is 0 Å². The summed E-state index contributed by atoms with van der Waals surface area (Å²) in [5.74, 6) is -0.0851. The highest BCUT2D eigenvalue weighted by atomic mass is 16.7. The van der Waals surface area contributed by atoms with Gasteiger partial charge in [-0.2, -0.15) is 0 Å². The molecule has 2 N–H and O–H groups in total. The first-order chi connectivity index (χ1) is 13.2. The maximum atomic E-state index is 11.2. The number of carbonyl (C=O) groups is 3. The van der Waals surface area contributed by atoms with Gasteiger partial charge in [-0.05, 0) is 18.6 Å². The van der Waals surface area contributed by atoms with Gasteiger partial charge in [0.15, 0.2) is 0 Å². The highest BCUT2D eigenvalue weighted by molar-refractivity contribution is 5.88. The van der Waals surface area contributed by atoms with Crippen molar-refractivity contribution in [1.82, 2.24) is 5.32 Å². The normalized spacial score (nSPS) is 23.3. The molecule has 2 aliphatic rings. The Morgan fingerprint density at radius 2 is 2.04 bits per heavy atom. The molecule has 3 rings (SSSR count). The Kier molecular flexibility index (Phi) is 6.91. The zero-order valence-corrected chi connectivity index (χ0v) is 15.8. The number of cyclic esters (lactones) is 1. The van der Waals surface area contributed by atoms with Gasteiger partial charge in [-0.15, -0.1) is 0 Å². The summed E-state index contributed by atoms with van der Waals surface area (Å²) in [5.41, 5.74) is 0.780. The van der Waals surface area contributed by atoms with Gasteiger partial charge in [0.1, 0.15) is 0 Å². The molecule has 1 saturated heterocycles. The van der Waals surface area contributed by atoms with Crippen LogP contribution in [0.15, 0.2) is 24.3 Å². The van der Waals surface area contributed by atoms with Crippen LogP contribution >= 0.6 is 0 Å². The highest BCUT2D eigenvalue weighted by Crippen LogP contribution is 2.30. The van der Waals surface area contributed by atoms with Crippen LogP contribution in [0.3, 0.4) is 0 Å². The number of nitro groups is 1. The molecule has 0 radical (unpaired) electrons. The summed E-state index contributed by atoms with van der Waals surface area (Å²) in [6, 6.07) is 6.72. The van der Waals surface area contributed by atoms with Crippen molar-refractivity contribution in [2.45, 2.75) is 39.5 Å². The molecule has 2 amide bonds. The van der Waals surface area contributed by atoms with Crippen molar-refractivity contribution >= 4 is 23.7 Å². The molecule has 2 aliphatic heterocycles. The van der Waals surface area contributed by atoms with E-state index in [1.54, 1.807) is 24.3 Å². The van der Waals surface area contributed by atoms with Crippen molar-refractivity contribution in [3.05, 3.63) is 39.9 Å². The van der Waals surface area contributed by atoms with Crippen LogP contribution < -0.4 is 10.6 Å². The van der Waals surface area contributed by atoms with Crippen molar-refractivity contribution in [3.63, 3.8) is 0 Å². The van der Waals surface area contributed by atoms with Crippen LogP contribution in [0.2, 0.25) is 0 Å². The molecule has 0 saturated carbocycles. The number of para-hydroxylation sites is 1. The molecule has 152 valence electrons. The minimum Gasteiger partial charge on any atom is -0.466 e. The second-order valence-electron chi connectivity index (χ2n) is 6.58. The van der Waals surface area contributed by atoms with E-state index in [1.807, 2.05) is 13.8 Å². The van der Waals surface area contributed by atoms with Gasteiger partial charge >= 0.3 is 18.3 Å². The molecule has 0 bridgehead atoms. The molecule has 1 fully saturated rings. The van der Waals surface area contributed by atoms with E-state index >= 15 is 0 Å². The lowest BCUT2D eigenvalue weighted by atomic mass is 9.79. The lowest BCUT2D eigenvalue weighted by Gasteiger charge is -2.39. The Hall–Kier alpha value is -3.17. The predicted molar refractivity (Wildman–Crippen MR) is 97.8 cm³/mol. The van der Waals surface area contributed by atoms with Gasteiger partial charge in [0.05, 0.1) is 28.7 Å². The maximum Gasteiger partial charge on any atom is 0.417 e. The van der Waals surface area contributed by atoms with Crippen molar-refractivity contribution in [2.75, 3.05) is 11.9 Å². The van der Waals surface area contributed by atoms with Crippen LogP contribution in [-0.2, 0) is 19.1 Å². The number of nitrogens with one attached hydrogen (secondary N) is 2. The standard InChI is InChI=1S/C10H17NO3.C8H6N2O4/c1-4-8-9(10(13)11-8)6(2)5-14-7(3)12;11-8-9-6-4-2-1-3-5(6)7(14-8)10(12)13/h6,8-9H,4-5H2,1-3H3,(H,11,13);1-4,7H,(H,9,11). The lowest BCUT2D eigenvalue weighted by Crippen LogP contribution is -2.60. The molecule has 1 aromatic rings. The first-order valence-electron chi connectivity index (χ1n) is 8.88. The van der Waals surface area contributed by atoms with E-state index in [0.29, 0.717) is 17.9 Å². The molecular weight excluding hydrogens is 370 g/mol. The Labute approximate surface area is 161 Å². The molecule has 10 nitrogen and oxygen atoms in total. The average molecular weight is 393 g/mol. The fraction of sp³-hybridized carbons (Fsp3) is 0.500. The SMILES string of the molecule is CCC1NC(=O)C1C(C)COC(C)=O.O=C1Nc2ccccc2C([N+](=O)[O-])O1. The van der Waals surface area contributed by atoms with Crippen molar-refractivity contribution < 1.29 is 28.8 Å². The third kappa shape index (κ3) is 4.96. The van der Waals surface area contributed by atoms with Gasteiger partial charge in [-0.25, -0.2) is 4.79 Å². The summed E-state index contributed by atoms with van der Waals surface area (Å²) in [5, 5.41) is 15.8.